The summed E-state index contributed by atoms with van der Waals surface area (Å²) in [7, 11) is 0. The minimum absolute atomic E-state index is 0.187. The molecule has 1 saturated heterocycles. The van der Waals surface area contributed by atoms with Crippen LogP contribution in [0.4, 0.5) is 0 Å². The van der Waals surface area contributed by atoms with Gasteiger partial charge in [0, 0.05) is 29.0 Å². The van der Waals surface area contributed by atoms with Crippen LogP contribution >= 0.6 is 22.7 Å². The van der Waals surface area contributed by atoms with E-state index < -0.39 is 0 Å². The van der Waals surface area contributed by atoms with Gasteiger partial charge in [-0.3, -0.25) is 4.79 Å². The number of hydrogen-bond acceptors (Lipinski definition) is 4. The van der Waals surface area contributed by atoms with Crippen LogP contribution in [0.25, 0.3) is 9.40 Å². The molecule has 0 unspecified atom stereocenters. The van der Waals surface area contributed by atoms with Crippen LogP contribution in [-0.2, 0) is 0 Å². The summed E-state index contributed by atoms with van der Waals surface area (Å²) in [6.07, 6.45) is 0. The molecule has 0 aliphatic carbocycles. The van der Waals surface area contributed by atoms with Gasteiger partial charge in [0.2, 0.25) is 0 Å². The molecule has 0 radical (unpaired) electrons. The van der Waals surface area contributed by atoms with Crippen LogP contribution in [0, 0.1) is 0 Å². The molecule has 0 saturated carbocycles. The second-order valence-electron chi connectivity index (χ2n) is 4.16. The van der Waals surface area contributed by atoms with Gasteiger partial charge in [-0.25, -0.2) is 0 Å². The van der Waals surface area contributed by atoms with Gasteiger partial charge < -0.3 is 10.2 Å². The molecule has 0 aromatic carbocycles. The maximum Gasteiger partial charge on any atom is 0.264 e. The SMILES string of the molecule is CCN(C(=O)c1cc2sccc2s1)C1CNC1. The van der Waals surface area contributed by atoms with Gasteiger partial charge in [0.25, 0.3) is 5.91 Å². The first-order valence-corrected chi connectivity index (χ1v) is 7.48. The Morgan fingerprint density at radius 1 is 1.53 bits per heavy atom. The van der Waals surface area contributed by atoms with Gasteiger partial charge in [0.1, 0.15) is 0 Å². The fourth-order valence-electron chi connectivity index (χ4n) is 2.07. The van der Waals surface area contributed by atoms with E-state index in [0.29, 0.717) is 6.04 Å². The molecule has 0 spiro atoms. The molecule has 2 aromatic heterocycles. The lowest BCUT2D eigenvalue weighted by molar-refractivity contribution is 0.0635. The average Bonchev–Trinajstić information content (AvgIpc) is 2.81. The molecule has 3 nitrogen and oxygen atoms in total. The smallest absolute Gasteiger partial charge is 0.264 e. The number of amides is 1. The van der Waals surface area contributed by atoms with Crippen molar-refractivity contribution in [1.82, 2.24) is 10.2 Å². The molecule has 1 N–H and O–H groups in total. The Morgan fingerprint density at radius 2 is 2.35 bits per heavy atom. The molecular weight excluding hydrogens is 252 g/mol. The van der Waals surface area contributed by atoms with E-state index in [0.717, 1.165) is 24.5 Å². The van der Waals surface area contributed by atoms with Gasteiger partial charge in [-0.1, -0.05) is 0 Å². The van der Waals surface area contributed by atoms with Crippen LogP contribution in [0.5, 0.6) is 0 Å². The Morgan fingerprint density at radius 3 is 2.94 bits per heavy atom. The third-order valence-corrected chi connectivity index (χ3v) is 5.23. The average molecular weight is 266 g/mol. The van der Waals surface area contributed by atoms with Crippen LogP contribution in [-0.4, -0.2) is 36.5 Å². The van der Waals surface area contributed by atoms with Crippen LogP contribution in [0.15, 0.2) is 17.5 Å². The van der Waals surface area contributed by atoms with Crippen molar-refractivity contribution in [1.29, 1.82) is 0 Å². The molecule has 2 aromatic rings. The van der Waals surface area contributed by atoms with E-state index in [4.69, 9.17) is 0 Å². The first-order chi connectivity index (χ1) is 8.29. The van der Waals surface area contributed by atoms with Gasteiger partial charge in [-0.2, -0.15) is 0 Å². The fourth-order valence-corrected chi connectivity index (χ4v) is 4.14. The maximum atomic E-state index is 12.4. The van der Waals surface area contributed by atoms with E-state index in [1.165, 1.54) is 9.40 Å². The van der Waals surface area contributed by atoms with E-state index in [9.17, 15) is 4.79 Å². The number of thiophene rings is 2. The third-order valence-electron chi connectivity index (χ3n) is 3.15. The number of nitrogens with one attached hydrogen (secondary N) is 1. The number of carbonyl (C=O) groups excluding carboxylic acids is 1. The topological polar surface area (TPSA) is 32.3 Å². The van der Waals surface area contributed by atoms with Gasteiger partial charge >= 0.3 is 0 Å². The van der Waals surface area contributed by atoms with Gasteiger partial charge in [-0.05, 0) is 24.4 Å². The van der Waals surface area contributed by atoms with Crippen LogP contribution < -0.4 is 5.32 Å². The molecule has 1 fully saturated rings. The molecule has 3 heterocycles. The zero-order chi connectivity index (χ0) is 11.8. The zero-order valence-electron chi connectivity index (χ0n) is 9.60. The molecular formula is C12H14N2OS2. The van der Waals surface area contributed by atoms with Crippen molar-refractivity contribution in [2.75, 3.05) is 19.6 Å². The molecule has 1 aliphatic heterocycles. The highest BCUT2D eigenvalue weighted by Gasteiger charge is 2.28. The fraction of sp³-hybridized carbons (Fsp3) is 0.417. The Hall–Kier alpha value is -0.910. The Labute approximate surface area is 108 Å². The molecule has 5 heteroatoms. The van der Waals surface area contributed by atoms with Crippen LogP contribution in [0.1, 0.15) is 16.6 Å². The van der Waals surface area contributed by atoms with Gasteiger partial charge in [0.05, 0.1) is 10.9 Å². The molecule has 1 amide bonds. The van der Waals surface area contributed by atoms with Crippen molar-refractivity contribution >= 4 is 38.0 Å². The first-order valence-electron chi connectivity index (χ1n) is 5.78. The van der Waals surface area contributed by atoms with Crippen molar-refractivity contribution in [3.63, 3.8) is 0 Å². The summed E-state index contributed by atoms with van der Waals surface area (Å²) >= 11 is 3.31. The van der Waals surface area contributed by atoms with Crippen molar-refractivity contribution in [3.05, 3.63) is 22.4 Å². The van der Waals surface area contributed by atoms with Gasteiger partial charge in [-0.15, -0.1) is 22.7 Å². The third kappa shape index (κ3) is 1.88. The molecule has 17 heavy (non-hydrogen) atoms. The standard InChI is InChI=1S/C12H14N2OS2/c1-2-14(8-6-13-7-8)12(15)11-5-10-9(17-11)3-4-16-10/h3-5,8,13H,2,6-7H2,1H3. The molecule has 0 bridgehead atoms. The Kier molecular flexibility index (Phi) is 2.90. The zero-order valence-corrected chi connectivity index (χ0v) is 11.2. The highest BCUT2D eigenvalue weighted by atomic mass is 32.1. The number of carbonyl (C=O) groups is 1. The van der Waals surface area contributed by atoms with E-state index in [2.05, 4.69) is 16.8 Å². The Bertz CT molecular complexity index is 513. The summed E-state index contributed by atoms with van der Waals surface area (Å²) in [5.74, 6) is 0.187. The van der Waals surface area contributed by atoms with Crippen molar-refractivity contribution in [2.24, 2.45) is 0 Å². The lowest BCUT2D eigenvalue weighted by atomic mass is 10.1. The molecule has 3 rings (SSSR count). The number of likely N-dealkylation sites (N-methyl/N-ethyl adjacent to an activating group) is 1. The van der Waals surface area contributed by atoms with Crippen molar-refractivity contribution < 1.29 is 4.79 Å². The molecule has 90 valence electrons. The molecule has 0 atom stereocenters. The minimum atomic E-state index is 0.187. The van der Waals surface area contributed by atoms with E-state index in [1.54, 1.807) is 22.7 Å². The predicted octanol–water partition coefficient (Wildman–Crippen LogP) is 2.40. The van der Waals surface area contributed by atoms with Crippen LogP contribution in [0.3, 0.4) is 0 Å². The maximum absolute atomic E-state index is 12.4. The van der Waals surface area contributed by atoms with Gasteiger partial charge in [0.15, 0.2) is 0 Å². The summed E-state index contributed by atoms with van der Waals surface area (Å²) in [5, 5.41) is 5.29. The number of fused-ring (bicyclic) bond motifs is 1. The number of rotatable bonds is 3. The van der Waals surface area contributed by atoms with E-state index in [-0.39, 0.29) is 5.91 Å². The minimum Gasteiger partial charge on any atom is -0.333 e. The first kappa shape index (κ1) is 11.2. The lowest BCUT2D eigenvalue weighted by Gasteiger charge is -2.37. The normalized spacial score (nSPS) is 16.1. The largest absolute Gasteiger partial charge is 0.333 e. The second kappa shape index (κ2) is 4.40. The van der Waals surface area contributed by atoms with Crippen molar-refractivity contribution in [2.45, 2.75) is 13.0 Å². The summed E-state index contributed by atoms with van der Waals surface area (Å²) in [4.78, 5) is 15.2. The highest BCUT2D eigenvalue weighted by Crippen LogP contribution is 2.31. The quantitative estimate of drug-likeness (QED) is 0.925. The number of hydrogen-bond donors (Lipinski definition) is 1. The Balaban J connectivity index is 1.86. The second-order valence-corrected chi connectivity index (χ2v) is 6.19. The summed E-state index contributed by atoms with van der Waals surface area (Å²) < 4.78 is 2.45. The molecule has 1 aliphatic rings. The predicted molar refractivity (Wildman–Crippen MR) is 73.1 cm³/mol. The van der Waals surface area contributed by atoms with Crippen LogP contribution in [0.2, 0.25) is 0 Å². The van der Waals surface area contributed by atoms with E-state index in [1.807, 2.05) is 17.9 Å². The van der Waals surface area contributed by atoms with Crippen molar-refractivity contribution in [3.8, 4) is 0 Å². The monoisotopic (exact) mass is 266 g/mol. The summed E-state index contributed by atoms with van der Waals surface area (Å²) in [6.45, 7) is 4.70. The summed E-state index contributed by atoms with van der Waals surface area (Å²) in [5.41, 5.74) is 0. The summed E-state index contributed by atoms with van der Waals surface area (Å²) in [6, 6.07) is 4.50. The number of nitrogens with zero attached hydrogens (tertiary/aromatic N) is 1. The highest BCUT2D eigenvalue weighted by molar-refractivity contribution is 7.27. The van der Waals surface area contributed by atoms with E-state index >= 15 is 0 Å². The lowest BCUT2D eigenvalue weighted by Crippen LogP contribution is -2.58.